The van der Waals surface area contributed by atoms with E-state index in [4.69, 9.17) is 27.9 Å². The van der Waals surface area contributed by atoms with Gasteiger partial charge in [0.1, 0.15) is 6.61 Å². The predicted octanol–water partition coefficient (Wildman–Crippen LogP) is 6.35. The van der Waals surface area contributed by atoms with E-state index in [9.17, 15) is 10.1 Å². The summed E-state index contributed by atoms with van der Waals surface area (Å²) in [4.78, 5) is 12.9. The molecule has 1 atom stereocenters. The molecule has 7 heteroatoms. The van der Waals surface area contributed by atoms with Gasteiger partial charge in [0, 0.05) is 21.5 Å². The molecule has 0 bridgehead atoms. The molecule has 0 fully saturated rings. The zero-order valence-electron chi connectivity index (χ0n) is 16.8. The average molecular weight is 471 g/mol. The zero-order valence-corrected chi connectivity index (χ0v) is 19.2. The van der Waals surface area contributed by atoms with Crippen molar-refractivity contribution < 1.29 is 9.53 Å². The minimum Gasteiger partial charge on any atom is -0.458 e. The summed E-state index contributed by atoms with van der Waals surface area (Å²) in [6.45, 7) is 5.46. The number of carbonyl (C=O) groups excluding carboxylic acids is 1. The molecular weight excluding hydrogens is 451 g/mol. The number of rotatable bonds is 7. The van der Waals surface area contributed by atoms with Crippen molar-refractivity contribution in [2.75, 3.05) is 6.61 Å². The van der Waals surface area contributed by atoms with E-state index < -0.39 is 11.9 Å². The molecule has 1 aliphatic rings. The molecule has 0 saturated carbocycles. The van der Waals surface area contributed by atoms with E-state index in [1.165, 1.54) is 17.8 Å². The van der Waals surface area contributed by atoms with Crippen LogP contribution in [0.2, 0.25) is 10.0 Å². The molecule has 2 aromatic carbocycles. The summed E-state index contributed by atoms with van der Waals surface area (Å²) >= 11 is 13.9. The summed E-state index contributed by atoms with van der Waals surface area (Å²) in [6, 6.07) is 17.1. The van der Waals surface area contributed by atoms with Crippen molar-refractivity contribution in [2.45, 2.75) is 18.6 Å². The maximum absolute atomic E-state index is 12.9. The molecule has 2 aromatic rings. The van der Waals surface area contributed by atoms with Gasteiger partial charge in [0.25, 0.3) is 0 Å². The molecule has 0 spiro atoms. The lowest BCUT2D eigenvalue weighted by Gasteiger charge is -2.29. The van der Waals surface area contributed by atoms with E-state index in [1.807, 2.05) is 42.5 Å². The maximum Gasteiger partial charge on any atom is 0.337 e. The highest BCUT2D eigenvalue weighted by atomic mass is 35.5. The van der Waals surface area contributed by atoms with Crippen molar-refractivity contribution in [3.8, 4) is 6.07 Å². The lowest BCUT2D eigenvalue weighted by atomic mass is 9.82. The largest absolute Gasteiger partial charge is 0.458 e. The van der Waals surface area contributed by atoms with Crippen molar-refractivity contribution in [2.24, 2.45) is 0 Å². The average Bonchev–Trinajstić information content (AvgIpc) is 2.77. The minimum atomic E-state index is -0.634. The molecule has 0 aliphatic carbocycles. The second-order valence-corrected chi connectivity index (χ2v) is 8.60. The normalized spacial score (nSPS) is 15.9. The van der Waals surface area contributed by atoms with Crippen molar-refractivity contribution in [3.63, 3.8) is 0 Å². The molecule has 0 aromatic heterocycles. The number of nitrogens with zero attached hydrogens (tertiary/aromatic N) is 1. The highest BCUT2D eigenvalue weighted by molar-refractivity contribution is 8.02. The van der Waals surface area contributed by atoms with Gasteiger partial charge in [0.05, 0.1) is 28.2 Å². The fourth-order valence-electron chi connectivity index (χ4n) is 3.27. The van der Waals surface area contributed by atoms with Crippen LogP contribution in [-0.2, 0) is 15.3 Å². The summed E-state index contributed by atoms with van der Waals surface area (Å²) in [7, 11) is 0. The Bertz CT molecular complexity index is 1100. The number of allylic oxidation sites excluding steroid dienone is 2. The van der Waals surface area contributed by atoms with Crippen LogP contribution < -0.4 is 5.32 Å². The summed E-state index contributed by atoms with van der Waals surface area (Å²) < 4.78 is 5.31. The molecule has 1 N–H and O–H groups in total. The molecule has 31 heavy (non-hydrogen) atoms. The summed E-state index contributed by atoms with van der Waals surface area (Å²) in [6.07, 6.45) is 1.50. The zero-order chi connectivity index (χ0) is 22.4. The number of dihydropyridines is 1. The fourth-order valence-corrected chi connectivity index (χ4v) is 4.68. The molecule has 3 rings (SSSR count). The van der Waals surface area contributed by atoms with E-state index in [0.717, 1.165) is 5.56 Å². The van der Waals surface area contributed by atoms with Crippen LogP contribution in [0.15, 0.2) is 83.1 Å². The van der Waals surface area contributed by atoms with Crippen LogP contribution in [0.3, 0.4) is 0 Å². The summed E-state index contributed by atoms with van der Waals surface area (Å²) in [5.41, 5.74) is 3.15. The Balaban J connectivity index is 2.02. The Hall–Kier alpha value is -2.65. The Kier molecular flexibility index (Phi) is 7.86. The van der Waals surface area contributed by atoms with E-state index in [2.05, 4.69) is 18.0 Å². The molecule has 0 amide bonds. The Morgan fingerprint density at radius 1 is 1.26 bits per heavy atom. The van der Waals surface area contributed by atoms with Crippen LogP contribution in [-0.4, -0.2) is 12.6 Å². The van der Waals surface area contributed by atoms with Crippen molar-refractivity contribution >= 4 is 40.9 Å². The molecule has 158 valence electrons. The van der Waals surface area contributed by atoms with Crippen molar-refractivity contribution in [1.29, 1.82) is 5.26 Å². The Morgan fingerprint density at radius 2 is 1.97 bits per heavy atom. The summed E-state index contributed by atoms with van der Waals surface area (Å²) in [5, 5.41) is 15.1. The Morgan fingerprint density at radius 3 is 2.61 bits per heavy atom. The second-order valence-electron chi connectivity index (χ2n) is 6.78. The SMILES string of the molecule is C=CCOC(=O)C1=C(C)NC(SCc2ccc(Cl)cc2)=C(C#N)[C@@H]1c1ccccc1Cl. The molecule has 0 unspecified atom stereocenters. The van der Waals surface area contributed by atoms with E-state index in [1.54, 1.807) is 13.0 Å². The number of nitriles is 1. The van der Waals surface area contributed by atoms with Gasteiger partial charge in [0.2, 0.25) is 0 Å². The first-order valence-corrected chi connectivity index (χ1v) is 11.2. The van der Waals surface area contributed by atoms with Crippen LogP contribution in [0.5, 0.6) is 0 Å². The van der Waals surface area contributed by atoms with Gasteiger partial charge < -0.3 is 10.1 Å². The van der Waals surface area contributed by atoms with Crippen LogP contribution >= 0.6 is 35.0 Å². The molecule has 4 nitrogen and oxygen atoms in total. The van der Waals surface area contributed by atoms with E-state index in [-0.39, 0.29) is 6.61 Å². The first-order chi connectivity index (χ1) is 15.0. The maximum atomic E-state index is 12.9. The van der Waals surface area contributed by atoms with Crippen molar-refractivity contribution in [3.05, 3.63) is 104 Å². The van der Waals surface area contributed by atoms with Gasteiger partial charge in [-0.1, -0.05) is 66.2 Å². The van der Waals surface area contributed by atoms with Gasteiger partial charge in [-0.15, -0.1) is 11.8 Å². The number of halogens is 2. The molecule has 1 heterocycles. The van der Waals surface area contributed by atoms with Gasteiger partial charge in [-0.25, -0.2) is 4.79 Å². The van der Waals surface area contributed by atoms with E-state index in [0.29, 0.717) is 43.2 Å². The number of carbonyl (C=O) groups is 1. The van der Waals surface area contributed by atoms with Gasteiger partial charge in [0.15, 0.2) is 0 Å². The smallest absolute Gasteiger partial charge is 0.337 e. The third-order valence-electron chi connectivity index (χ3n) is 4.71. The minimum absolute atomic E-state index is 0.0780. The van der Waals surface area contributed by atoms with Crippen LogP contribution in [0.1, 0.15) is 24.0 Å². The van der Waals surface area contributed by atoms with Crippen LogP contribution in [0.25, 0.3) is 0 Å². The number of ether oxygens (including phenoxy) is 1. The molecule has 0 saturated heterocycles. The number of thioether (sulfide) groups is 1. The van der Waals surface area contributed by atoms with Gasteiger partial charge in [-0.2, -0.15) is 5.26 Å². The highest BCUT2D eigenvalue weighted by Gasteiger charge is 2.36. The van der Waals surface area contributed by atoms with Gasteiger partial charge >= 0.3 is 5.97 Å². The molecule has 1 aliphatic heterocycles. The number of benzene rings is 2. The number of nitrogens with one attached hydrogen (secondary N) is 1. The first-order valence-electron chi connectivity index (χ1n) is 9.48. The molecular formula is C24H20Cl2N2O2S. The predicted molar refractivity (Wildman–Crippen MR) is 127 cm³/mol. The van der Waals surface area contributed by atoms with E-state index >= 15 is 0 Å². The monoisotopic (exact) mass is 470 g/mol. The third-order valence-corrected chi connectivity index (χ3v) is 6.40. The number of hydrogen-bond acceptors (Lipinski definition) is 5. The topological polar surface area (TPSA) is 62.1 Å². The van der Waals surface area contributed by atoms with Gasteiger partial charge in [-0.3, -0.25) is 0 Å². The number of esters is 1. The summed E-state index contributed by atoms with van der Waals surface area (Å²) in [5.74, 6) is -0.516. The fraction of sp³-hybridized carbons (Fsp3) is 0.167. The standard InChI is InChI=1S/C24H20Cl2N2O2S/c1-3-12-30-24(29)21-15(2)28-23(31-14-16-8-10-17(25)11-9-16)19(13-27)22(21)18-6-4-5-7-20(18)26/h3-11,22,28H,1,12,14H2,2H3/t22-/m0/s1. The second kappa shape index (κ2) is 10.6. The lowest BCUT2D eigenvalue weighted by Crippen LogP contribution is -2.29. The third kappa shape index (κ3) is 5.34. The van der Waals surface area contributed by atoms with Crippen molar-refractivity contribution in [1.82, 2.24) is 5.32 Å². The lowest BCUT2D eigenvalue weighted by molar-refractivity contribution is -0.138. The van der Waals surface area contributed by atoms with Gasteiger partial charge in [-0.05, 0) is 36.2 Å². The number of hydrogen-bond donors (Lipinski definition) is 1. The first kappa shape index (κ1) is 23.0. The Labute approximate surface area is 196 Å². The highest BCUT2D eigenvalue weighted by Crippen LogP contribution is 2.43. The van der Waals surface area contributed by atoms with Crippen LogP contribution in [0, 0.1) is 11.3 Å². The quantitative estimate of drug-likeness (QED) is 0.377. The molecule has 0 radical (unpaired) electrons. The van der Waals surface area contributed by atoms with Crippen LogP contribution in [0.4, 0.5) is 0 Å².